The van der Waals surface area contributed by atoms with Crippen molar-refractivity contribution in [3.63, 3.8) is 0 Å². The number of nitrogens with zero attached hydrogens (tertiary/aromatic N) is 1. The Balaban J connectivity index is 1.97. The molecular weight excluding hydrogens is 467 g/mol. The number of halogens is 2. The summed E-state index contributed by atoms with van der Waals surface area (Å²) in [7, 11) is 0. The van der Waals surface area contributed by atoms with E-state index in [1.54, 1.807) is 23.1 Å². The van der Waals surface area contributed by atoms with E-state index in [1.165, 1.54) is 0 Å². The number of hydrogen-bond acceptors (Lipinski definition) is 2. The number of hydrogen-bond donors (Lipinski definition) is 1. The van der Waals surface area contributed by atoms with Crippen molar-refractivity contribution in [3.8, 4) is 0 Å². The Morgan fingerprint density at radius 1 is 0.912 bits per heavy atom. The van der Waals surface area contributed by atoms with Gasteiger partial charge in [-0.05, 0) is 42.2 Å². The molecule has 0 saturated heterocycles. The number of carbonyl (C=O) groups is 2. The second kappa shape index (κ2) is 12.6. The lowest BCUT2D eigenvalue weighted by molar-refractivity contribution is -0.141. The third-order valence-corrected chi connectivity index (χ3v) is 6.41. The zero-order valence-electron chi connectivity index (χ0n) is 19.5. The van der Waals surface area contributed by atoms with Gasteiger partial charge >= 0.3 is 0 Å². The molecule has 34 heavy (non-hydrogen) atoms. The Bertz CT molecular complexity index is 1090. The van der Waals surface area contributed by atoms with Crippen LogP contribution in [0.5, 0.6) is 0 Å². The highest BCUT2D eigenvalue weighted by Crippen LogP contribution is 2.23. The predicted molar refractivity (Wildman–Crippen MR) is 139 cm³/mol. The highest BCUT2D eigenvalue weighted by Gasteiger charge is 2.31. The van der Waals surface area contributed by atoms with Crippen LogP contribution in [0.4, 0.5) is 0 Å². The molecule has 3 aromatic carbocycles. The minimum atomic E-state index is -0.671. The van der Waals surface area contributed by atoms with Gasteiger partial charge in [-0.1, -0.05) is 96.9 Å². The summed E-state index contributed by atoms with van der Waals surface area (Å²) in [6.07, 6.45) is 1.29. The maximum Gasteiger partial charge on any atom is 0.243 e. The van der Waals surface area contributed by atoms with Crippen LogP contribution >= 0.6 is 23.2 Å². The first-order chi connectivity index (χ1) is 16.4. The van der Waals surface area contributed by atoms with Crippen LogP contribution in [-0.4, -0.2) is 28.8 Å². The van der Waals surface area contributed by atoms with E-state index in [4.69, 9.17) is 23.2 Å². The van der Waals surface area contributed by atoms with Crippen molar-refractivity contribution in [3.05, 3.63) is 106 Å². The van der Waals surface area contributed by atoms with Crippen molar-refractivity contribution in [2.24, 2.45) is 0 Å². The van der Waals surface area contributed by atoms with Gasteiger partial charge in [0.25, 0.3) is 0 Å². The van der Waals surface area contributed by atoms with Gasteiger partial charge in [-0.25, -0.2) is 0 Å². The summed E-state index contributed by atoms with van der Waals surface area (Å²) in [4.78, 5) is 28.8. The second-order valence-corrected chi connectivity index (χ2v) is 9.29. The zero-order valence-corrected chi connectivity index (χ0v) is 21.0. The molecule has 0 aliphatic carbocycles. The van der Waals surface area contributed by atoms with Gasteiger partial charge in [-0.15, -0.1) is 0 Å². The van der Waals surface area contributed by atoms with Crippen LogP contribution < -0.4 is 5.32 Å². The fourth-order valence-electron chi connectivity index (χ4n) is 3.70. The third-order valence-electron chi connectivity index (χ3n) is 5.82. The van der Waals surface area contributed by atoms with Gasteiger partial charge in [0.1, 0.15) is 6.04 Å². The van der Waals surface area contributed by atoms with Crippen LogP contribution in [-0.2, 0) is 29.0 Å². The van der Waals surface area contributed by atoms with E-state index in [-0.39, 0.29) is 24.3 Å². The fourth-order valence-corrected chi connectivity index (χ4v) is 4.18. The van der Waals surface area contributed by atoms with Crippen molar-refractivity contribution in [2.45, 2.75) is 51.7 Å². The van der Waals surface area contributed by atoms with Gasteiger partial charge in [-0.3, -0.25) is 9.59 Å². The average Bonchev–Trinajstić information content (AvgIpc) is 2.84. The van der Waals surface area contributed by atoms with E-state index < -0.39 is 6.04 Å². The highest BCUT2D eigenvalue weighted by atomic mass is 35.5. The van der Waals surface area contributed by atoms with E-state index in [0.717, 1.165) is 17.5 Å². The summed E-state index contributed by atoms with van der Waals surface area (Å²) in [6, 6.07) is 23.9. The molecule has 0 saturated carbocycles. The van der Waals surface area contributed by atoms with Crippen molar-refractivity contribution in [1.29, 1.82) is 0 Å². The summed E-state index contributed by atoms with van der Waals surface area (Å²) >= 11 is 12.4. The summed E-state index contributed by atoms with van der Waals surface area (Å²) in [5.41, 5.74) is 2.62. The Morgan fingerprint density at radius 2 is 1.53 bits per heavy atom. The smallest absolute Gasteiger partial charge is 0.243 e. The number of carbonyl (C=O) groups excluding carboxylic acids is 2. The van der Waals surface area contributed by atoms with Gasteiger partial charge in [-0.2, -0.15) is 0 Å². The molecule has 0 unspecified atom stereocenters. The summed E-state index contributed by atoms with van der Waals surface area (Å²) in [6.45, 7) is 4.30. The minimum Gasteiger partial charge on any atom is -0.352 e. The van der Waals surface area contributed by atoms with Crippen LogP contribution in [0.3, 0.4) is 0 Å². The van der Waals surface area contributed by atoms with Crippen LogP contribution in [0, 0.1) is 0 Å². The number of nitrogens with one attached hydrogen (secondary N) is 1. The highest BCUT2D eigenvalue weighted by molar-refractivity contribution is 6.35. The van der Waals surface area contributed by atoms with Gasteiger partial charge < -0.3 is 10.2 Å². The summed E-state index contributed by atoms with van der Waals surface area (Å²) in [5.74, 6) is -0.335. The normalized spacial score (nSPS) is 12.6. The predicted octanol–water partition coefficient (Wildman–Crippen LogP) is 6.09. The lowest BCUT2D eigenvalue weighted by atomic mass is 10.0. The van der Waals surface area contributed by atoms with Crippen molar-refractivity contribution in [2.75, 3.05) is 0 Å². The third kappa shape index (κ3) is 7.34. The van der Waals surface area contributed by atoms with Crippen LogP contribution in [0.15, 0.2) is 78.9 Å². The Hall–Kier alpha value is -2.82. The van der Waals surface area contributed by atoms with Crippen LogP contribution in [0.1, 0.15) is 37.0 Å². The first-order valence-corrected chi connectivity index (χ1v) is 12.2. The zero-order chi connectivity index (χ0) is 24.5. The van der Waals surface area contributed by atoms with E-state index in [2.05, 4.69) is 5.32 Å². The molecule has 4 nitrogen and oxygen atoms in total. The largest absolute Gasteiger partial charge is 0.352 e. The molecule has 178 valence electrons. The molecule has 3 rings (SSSR count). The molecule has 0 fully saturated rings. The molecule has 2 atom stereocenters. The molecule has 1 N–H and O–H groups in total. The number of benzene rings is 3. The van der Waals surface area contributed by atoms with E-state index in [9.17, 15) is 9.59 Å². The molecule has 2 amide bonds. The Kier molecular flexibility index (Phi) is 9.55. The maximum absolute atomic E-state index is 13.7. The average molecular weight is 497 g/mol. The van der Waals surface area contributed by atoms with Crippen molar-refractivity contribution >= 4 is 35.0 Å². The van der Waals surface area contributed by atoms with Gasteiger partial charge in [0.05, 0.1) is 6.42 Å². The Morgan fingerprint density at radius 3 is 2.12 bits per heavy atom. The van der Waals surface area contributed by atoms with E-state index in [0.29, 0.717) is 28.6 Å². The SMILES string of the molecule is CC[C@H](C)NC(=O)[C@@H](Cc1ccccc1)N(Cc1ccccc1)C(=O)Cc1ccc(Cl)cc1Cl. The minimum absolute atomic E-state index is 0.00478. The molecule has 3 aromatic rings. The molecule has 6 heteroatoms. The number of rotatable bonds is 10. The fraction of sp³-hybridized carbons (Fsp3) is 0.286. The van der Waals surface area contributed by atoms with Crippen molar-refractivity contribution < 1.29 is 9.59 Å². The van der Waals surface area contributed by atoms with Gasteiger partial charge in [0, 0.05) is 29.1 Å². The van der Waals surface area contributed by atoms with Gasteiger partial charge in [0.15, 0.2) is 0 Å². The molecule has 0 spiro atoms. The molecule has 0 aliphatic rings. The Labute approximate surface area is 211 Å². The number of amides is 2. The first kappa shape index (κ1) is 25.8. The van der Waals surface area contributed by atoms with E-state index >= 15 is 0 Å². The molecular formula is C28H30Cl2N2O2. The molecule has 0 aliphatic heterocycles. The topological polar surface area (TPSA) is 49.4 Å². The maximum atomic E-state index is 13.7. The van der Waals surface area contributed by atoms with Crippen molar-refractivity contribution in [1.82, 2.24) is 10.2 Å². The molecule has 0 heterocycles. The quantitative estimate of drug-likeness (QED) is 0.369. The monoisotopic (exact) mass is 496 g/mol. The molecule has 0 aromatic heterocycles. The summed E-state index contributed by atoms with van der Waals surface area (Å²) < 4.78 is 0. The molecule has 0 bridgehead atoms. The first-order valence-electron chi connectivity index (χ1n) is 11.5. The van der Waals surface area contributed by atoms with Crippen LogP contribution in [0.25, 0.3) is 0 Å². The molecule has 0 radical (unpaired) electrons. The lowest BCUT2D eigenvalue weighted by Crippen LogP contribution is -2.52. The van der Waals surface area contributed by atoms with Gasteiger partial charge in [0.2, 0.25) is 11.8 Å². The van der Waals surface area contributed by atoms with Crippen LogP contribution in [0.2, 0.25) is 10.0 Å². The standard InChI is InChI=1S/C28H30Cl2N2O2/c1-3-20(2)31-28(34)26(16-21-10-6-4-7-11-21)32(19-22-12-8-5-9-13-22)27(33)17-23-14-15-24(29)18-25(23)30/h4-15,18,20,26H,3,16-17,19H2,1-2H3,(H,31,34)/t20-,26+/m0/s1. The second-order valence-electron chi connectivity index (χ2n) is 8.44. The lowest BCUT2D eigenvalue weighted by Gasteiger charge is -2.32. The summed E-state index contributed by atoms with van der Waals surface area (Å²) in [5, 5.41) is 4.02. The van der Waals surface area contributed by atoms with E-state index in [1.807, 2.05) is 74.5 Å².